The number of carbonyl (C=O) groups is 1. The van der Waals surface area contributed by atoms with E-state index in [1.54, 1.807) is 12.1 Å². The summed E-state index contributed by atoms with van der Waals surface area (Å²) in [5, 5.41) is -1.07. The van der Waals surface area contributed by atoms with Crippen LogP contribution in [0.4, 0.5) is 0 Å². The lowest BCUT2D eigenvalue weighted by Gasteiger charge is -2.20. The van der Waals surface area contributed by atoms with Crippen molar-refractivity contribution >= 4 is 25.5 Å². The van der Waals surface area contributed by atoms with Crippen LogP contribution in [0.3, 0.4) is 0 Å². The normalized spacial score (nSPS) is 21.1. The average molecular weight is 245 g/mol. The van der Waals surface area contributed by atoms with E-state index in [2.05, 4.69) is 0 Å². The molecule has 1 aromatic carbocycles. The number of rotatable bonds is 1. The number of hydrogen-bond donors (Lipinski definition) is 0. The largest absolute Gasteiger partial charge is 0.293 e. The van der Waals surface area contributed by atoms with Gasteiger partial charge in [-0.05, 0) is 18.4 Å². The molecule has 0 amide bonds. The third-order valence-electron chi connectivity index (χ3n) is 2.59. The van der Waals surface area contributed by atoms with Gasteiger partial charge in [0.15, 0.2) is 5.78 Å². The van der Waals surface area contributed by atoms with E-state index in [0.717, 1.165) is 5.56 Å². The molecule has 1 aliphatic rings. The molecule has 0 aliphatic heterocycles. The van der Waals surface area contributed by atoms with Gasteiger partial charge < -0.3 is 0 Å². The lowest BCUT2D eigenvalue weighted by Crippen LogP contribution is -2.32. The first kappa shape index (κ1) is 10.6. The minimum atomic E-state index is -3.80. The van der Waals surface area contributed by atoms with E-state index < -0.39 is 14.3 Å². The Morgan fingerprint density at radius 1 is 1.27 bits per heavy atom. The Kier molecular flexibility index (Phi) is 2.56. The fourth-order valence-corrected chi connectivity index (χ4v) is 3.13. The van der Waals surface area contributed by atoms with Crippen LogP contribution in [0.1, 0.15) is 22.3 Å². The Bertz CT molecular complexity index is 507. The van der Waals surface area contributed by atoms with Gasteiger partial charge in [0.05, 0.1) is 0 Å². The first-order chi connectivity index (χ1) is 7.00. The van der Waals surface area contributed by atoms with Crippen molar-refractivity contribution in [2.24, 2.45) is 0 Å². The molecule has 0 saturated carbocycles. The molecular weight excluding hydrogens is 236 g/mol. The number of carbonyl (C=O) groups excluding carboxylic acids is 1. The van der Waals surface area contributed by atoms with Crippen LogP contribution in [0.15, 0.2) is 24.3 Å². The highest BCUT2D eigenvalue weighted by molar-refractivity contribution is 8.14. The highest BCUT2D eigenvalue weighted by Crippen LogP contribution is 2.26. The van der Waals surface area contributed by atoms with Crippen LogP contribution in [0.2, 0.25) is 0 Å². The summed E-state index contributed by atoms with van der Waals surface area (Å²) in [7, 11) is 1.43. The Morgan fingerprint density at radius 2 is 1.93 bits per heavy atom. The zero-order valence-electron chi connectivity index (χ0n) is 7.81. The predicted octanol–water partition coefficient (Wildman–Crippen LogP) is 1.75. The summed E-state index contributed by atoms with van der Waals surface area (Å²) >= 11 is 0. The van der Waals surface area contributed by atoms with Gasteiger partial charge in [-0.3, -0.25) is 4.79 Å². The minimum absolute atomic E-state index is 0.279. The summed E-state index contributed by atoms with van der Waals surface area (Å²) in [4.78, 5) is 11.8. The number of fused-ring (bicyclic) bond motifs is 1. The van der Waals surface area contributed by atoms with E-state index >= 15 is 0 Å². The van der Waals surface area contributed by atoms with E-state index in [9.17, 15) is 13.2 Å². The second-order valence-electron chi connectivity index (χ2n) is 3.52. The Morgan fingerprint density at radius 3 is 2.60 bits per heavy atom. The Balaban J connectivity index is 2.47. The summed E-state index contributed by atoms with van der Waals surface area (Å²) in [6.45, 7) is 0. The van der Waals surface area contributed by atoms with Crippen molar-refractivity contribution in [3.63, 3.8) is 0 Å². The van der Waals surface area contributed by atoms with Crippen LogP contribution in [-0.4, -0.2) is 19.5 Å². The van der Waals surface area contributed by atoms with Crippen LogP contribution < -0.4 is 0 Å². The molecule has 1 aromatic rings. The van der Waals surface area contributed by atoms with Crippen LogP contribution in [0, 0.1) is 0 Å². The maximum Gasteiger partial charge on any atom is 0.242 e. The molecule has 0 spiro atoms. The standard InChI is InChI=1S/C10H9ClO3S/c11-15(13,14)9-6-5-7-3-1-2-4-8(7)10(9)12/h1-4,9H,5-6H2. The van der Waals surface area contributed by atoms with Gasteiger partial charge >= 0.3 is 0 Å². The van der Waals surface area contributed by atoms with Crippen molar-refractivity contribution in [3.8, 4) is 0 Å². The lowest BCUT2D eigenvalue weighted by atomic mass is 9.90. The van der Waals surface area contributed by atoms with Gasteiger partial charge in [-0.2, -0.15) is 0 Å². The highest BCUT2D eigenvalue weighted by atomic mass is 35.7. The minimum Gasteiger partial charge on any atom is -0.293 e. The van der Waals surface area contributed by atoms with Gasteiger partial charge in [0.25, 0.3) is 0 Å². The van der Waals surface area contributed by atoms with Crippen LogP contribution in [0.25, 0.3) is 0 Å². The zero-order valence-corrected chi connectivity index (χ0v) is 9.38. The summed E-state index contributed by atoms with van der Waals surface area (Å²) in [5.74, 6) is -0.383. The molecule has 0 fully saturated rings. The van der Waals surface area contributed by atoms with E-state index in [-0.39, 0.29) is 12.2 Å². The van der Waals surface area contributed by atoms with Crippen molar-refractivity contribution < 1.29 is 13.2 Å². The Labute approximate surface area is 92.5 Å². The van der Waals surface area contributed by atoms with Gasteiger partial charge in [0, 0.05) is 16.2 Å². The predicted molar refractivity (Wildman–Crippen MR) is 57.7 cm³/mol. The summed E-state index contributed by atoms with van der Waals surface area (Å²) in [5.41, 5.74) is 1.39. The van der Waals surface area contributed by atoms with Crippen molar-refractivity contribution in [2.45, 2.75) is 18.1 Å². The molecule has 2 rings (SSSR count). The molecule has 15 heavy (non-hydrogen) atoms. The van der Waals surface area contributed by atoms with E-state index in [1.165, 1.54) is 0 Å². The van der Waals surface area contributed by atoms with E-state index in [0.29, 0.717) is 12.0 Å². The van der Waals surface area contributed by atoms with E-state index in [4.69, 9.17) is 10.7 Å². The molecule has 1 aliphatic carbocycles. The SMILES string of the molecule is O=C1c2ccccc2CCC1S(=O)(=O)Cl. The maximum absolute atomic E-state index is 11.8. The molecule has 3 nitrogen and oxygen atoms in total. The van der Waals surface area contributed by atoms with Crippen molar-refractivity contribution in [1.82, 2.24) is 0 Å². The molecular formula is C10H9ClO3S. The fraction of sp³-hybridized carbons (Fsp3) is 0.300. The molecule has 0 N–H and O–H groups in total. The first-order valence-electron chi connectivity index (χ1n) is 4.56. The molecule has 0 heterocycles. The van der Waals surface area contributed by atoms with Gasteiger partial charge in [0.2, 0.25) is 9.05 Å². The van der Waals surface area contributed by atoms with E-state index in [1.807, 2.05) is 12.1 Å². The molecule has 0 saturated heterocycles. The topological polar surface area (TPSA) is 51.2 Å². The number of benzene rings is 1. The summed E-state index contributed by atoms with van der Waals surface area (Å²) in [6.07, 6.45) is 0.861. The van der Waals surface area contributed by atoms with Gasteiger partial charge in [-0.1, -0.05) is 24.3 Å². The van der Waals surface area contributed by atoms with Crippen LogP contribution >= 0.6 is 10.7 Å². The molecule has 5 heteroatoms. The molecule has 80 valence electrons. The Hall–Kier alpha value is -0.870. The van der Waals surface area contributed by atoms with Gasteiger partial charge in [-0.15, -0.1) is 0 Å². The van der Waals surface area contributed by atoms with Crippen molar-refractivity contribution in [1.29, 1.82) is 0 Å². The number of aryl methyl sites for hydroxylation is 1. The van der Waals surface area contributed by atoms with Crippen LogP contribution in [-0.2, 0) is 15.5 Å². The van der Waals surface area contributed by atoms with Crippen molar-refractivity contribution in [3.05, 3.63) is 35.4 Å². The molecule has 0 radical (unpaired) electrons. The second kappa shape index (κ2) is 3.61. The second-order valence-corrected chi connectivity index (χ2v) is 6.33. The average Bonchev–Trinajstić information content (AvgIpc) is 2.16. The fourth-order valence-electron chi connectivity index (χ4n) is 1.84. The first-order valence-corrected chi connectivity index (χ1v) is 6.93. The monoisotopic (exact) mass is 244 g/mol. The molecule has 0 aromatic heterocycles. The number of hydrogen-bond acceptors (Lipinski definition) is 3. The highest BCUT2D eigenvalue weighted by Gasteiger charge is 2.35. The third-order valence-corrected chi connectivity index (χ3v) is 4.37. The van der Waals surface area contributed by atoms with Crippen LogP contribution in [0.5, 0.6) is 0 Å². The smallest absolute Gasteiger partial charge is 0.242 e. The van der Waals surface area contributed by atoms with Gasteiger partial charge in [0.1, 0.15) is 5.25 Å². The zero-order chi connectivity index (χ0) is 11.1. The van der Waals surface area contributed by atoms with Gasteiger partial charge in [-0.25, -0.2) is 8.42 Å². The summed E-state index contributed by atoms with van der Waals surface area (Å²) in [6, 6.07) is 7.04. The number of ketones is 1. The molecule has 1 atom stereocenters. The lowest BCUT2D eigenvalue weighted by molar-refractivity contribution is 0.0977. The molecule has 1 unspecified atom stereocenters. The number of halogens is 1. The maximum atomic E-state index is 11.8. The van der Waals surface area contributed by atoms with Crippen molar-refractivity contribution in [2.75, 3.05) is 0 Å². The quantitative estimate of drug-likeness (QED) is 0.708. The summed E-state index contributed by atoms with van der Waals surface area (Å²) < 4.78 is 22.3. The third kappa shape index (κ3) is 1.92. The number of Topliss-reactive ketones (excluding diaryl/α,β-unsaturated/α-hetero) is 1. The molecule has 0 bridgehead atoms.